The molecule has 0 aliphatic carbocycles. The number of ether oxygens (including phenoxy) is 1. The second kappa shape index (κ2) is 6.09. The molecule has 2 rings (SSSR count). The van der Waals surface area contributed by atoms with E-state index < -0.39 is 0 Å². The summed E-state index contributed by atoms with van der Waals surface area (Å²) in [4.78, 5) is 4.17. The number of pyridine rings is 1. The third kappa shape index (κ3) is 3.16. The molecule has 0 radical (unpaired) electrons. The maximum Gasteiger partial charge on any atom is 0.237 e. The van der Waals surface area contributed by atoms with E-state index >= 15 is 0 Å². The number of rotatable bonds is 5. The zero-order chi connectivity index (χ0) is 13.7. The van der Waals surface area contributed by atoms with Gasteiger partial charge in [-0.15, -0.1) is 0 Å². The Labute approximate surface area is 113 Å². The first kappa shape index (κ1) is 13.2. The summed E-state index contributed by atoms with van der Waals surface area (Å²) in [5.74, 6) is 0.911. The Morgan fingerprint density at radius 2 is 2.11 bits per heavy atom. The fraction of sp³-hybridized carbons (Fsp3) is 0.267. The van der Waals surface area contributed by atoms with Gasteiger partial charge in [-0.3, -0.25) is 0 Å². The maximum absolute atomic E-state index is 9.96. The number of phenolic OH excluding ortho intramolecular Hbond substituents is 1. The Morgan fingerprint density at radius 3 is 2.89 bits per heavy atom. The molecule has 0 unspecified atom stereocenters. The zero-order valence-electron chi connectivity index (χ0n) is 11.2. The van der Waals surface area contributed by atoms with Crippen molar-refractivity contribution in [1.29, 1.82) is 0 Å². The number of hydrogen-bond donors (Lipinski definition) is 2. The van der Waals surface area contributed by atoms with E-state index in [1.165, 1.54) is 0 Å². The van der Waals surface area contributed by atoms with Crippen molar-refractivity contribution >= 4 is 5.69 Å². The van der Waals surface area contributed by atoms with Crippen LogP contribution in [0.3, 0.4) is 0 Å². The number of nitrogens with one attached hydrogen (secondary N) is 1. The van der Waals surface area contributed by atoms with Gasteiger partial charge in [-0.05, 0) is 31.5 Å². The number of aromatic hydroxyl groups is 1. The lowest BCUT2D eigenvalue weighted by molar-refractivity contribution is 0.328. The van der Waals surface area contributed by atoms with Crippen molar-refractivity contribution in [3.63, 3.8) is 0 Å². The molecular weight excluding hydrogens is 240 g/mol. The number of anilines is 1. The van der Waals surface area contributed by atoms with Gasteiger partial charge >= 0.3 is 0 Å². The predicted molar refractivity (Wildman–Crippen MR) is 75.6 cm³/mol. The summed E-state index contributed by atoms with van der Waals surface area (Å²) in [5.41, 5.74) is 2.55. The van der Waals surface area contributed by atoms with Crippen molar-refractivity contribution in [3.8, 4) is 11.6 Å². The molecular formula is C15H18N2O2. The van der Waals surface area contributed by atoms with Gasteiger partial charge in [0.2, 0.25) is 5.88 Å². The van der Waals surface area contributed by atoms with E-state index in [1.807, 2.05) is 44.2 Å². The third-order valence-electron chi connectivity index (χ3n) is 2.84. The summed E-state index contributed by atoms with van der Waals surface area (Å²) in [6.07, 6.45) is 1.69. The number of aromatic nitrogens is 1. The standard InChI is InChI=1S/C15H18N2O2/c1-3-19-15-13(8-5-9-16-15)17-10-12-7-4-6-11(2)14(12)18/h4-9,17-18H,3,10H2,1-2H3. The molecule has 0 saturated heterocycles. The number of phenols is 1. The summed E-state index contributed by atoms with van der Waals surface area (Å²) in [5, 5.41) is 13.2. The molecule has 1 heterocycles. The molecule has 0 bridgehead atoms. The van der Waals surface area contributed by atoms with E-state index in [0.717, 1.165) is 16.8 Å². The molecule has 0 fully saturated rings. The van der Waals surface area contributed by atoms with Crippen molar-refractivity contribution in [2.24, 2.45) is 0 Å². The van der Waals surface area contributed by atoms with Gasteiger partial charge in [-0.1, -0.05) is 18.2 Å². The van der Waals surface area contributed by atoms with Crippen LogP contribution in [0.4, 0.5) is 5.69 Å². The van der Waals surface area contributed by atoms with Crippen molar-refractivity contribution in [1.82, 2.24) is 4.98 Å². The van der Waals surface area contributed by atoms with Gasteiger partial charge < -0.3 is 15.2 Å². The van der Waals surface area contributed by atoms with Crippen molar-refractivity contribution in [2.45, 2.75) is 20.4 Å². The third-order valence-corrected chi connectivity index (χ3v) is 2.84. The van der Waals surface area contributed by atoms with Crippen molar-refractivity contribution in [3.05, 3.63) is 47.7 Å². The average molecular weight is 258 g/mol. The van der Waals surface area contributed by atoms with Crippen LogP contribution in [0.25, 0.3) is 0 Å². The predicted octanol–water partition coefficient (Wildman–Crippen LogP) is 3.11. The number of benzene rings is 1. The molecule has 19 heavy (non-hydrogen) atoms. The lowest BCUT2D eigenvalue weighted by Gasteiger charge is -2.12. The molecule has 0 atom stereocenters. The summed E-state index contributed by atoms with van der Waals surface area (Å²) in [6, 6.07) is 9.46. The average Bonchev–Trinajstić information content (AvgIpc) is 2.42. The molecule has 0 aliphatic heterocycles. The number of aryl methyl sites for hydroxylation is 1. The Bertz CT molecular complexity index is 556. The van der Waals surface area contributed by atoms with Gasteiger partial charge in [0.25, 0.3) is 0 Å². The highest BCUT2D eigenvalue weighted by Gasteiger charge is 2.06. The van der Waals surface area contributed by atoms with Gasteiger partial charge in [0.1, 0.15) is 5.75 Å². The minimum Gasteiger partial charge on any atom is -0.507 e. The highest BCUT2D eigenvalue weighted by atomic mass is 16.5. The van der Waals surface area contributed by atoms with Crippen LogP contribution in [0.15, 0.2) is 36.5 Å². The SMILES string of the molecule is CCOc1ncccc1NCc1cccc(C)c1O. The monoisotopic (exact) mass is 258 g/mol. The molecule has 2 N–H and O–H groups in total. The Balaban J connectivity index is 2.12. The topological polar surface area (TPSA) is 54.4 Å². The van der Waals surface area contributed by atoms with E-state index in [1.54, 1.807) is 6.20 Å². The summed E-state index contributed by atoms with van der Waals surface area (Å²) < 4.78 is 5.44. The highest BCUT2D eigenvalue weighted by molar-refractivity contribution is 5.53. The van der Waals surface area contributed by atoms with Crippen LogP contribution in [-0.4, -0.2) is 16.7 Å². The molecule has 0 saturated carbocycles. The van der Waals surface area contributed by atoms with Crippen molar-refractivity contribution < 1.29 is 9.84 Å². The lowest BCUT2D eigenvalue weighted by atomic mass is 10.1. The van der Waals surface area contributed by atoms with Crippen LogP contribution < -0.4 is 10.1 Å². The second-order valence-corrected chi connectivity index (χ2v) is 4.23. The fourth-order valence-corrected chi connectivity index (χ4v) is 1.83. The maximum atomic E-state index is 9.96. The van der Waals surface area contributed by atoms with E-state index in [4.69, 9.17) is 4.74 Å². The van der Waals surface area contributed by atoms with Crippen LogP contribution in [0.1, 0.15) is 18.1 Å². The van der Waals surface area contributed by atoms with Crippen LogP contribution in [-0.2, 0) is 6.54 Å². The first-order chi connectivity index (χ1) is 9.22. The van der Waals surface area contributed by atoms with Gasteiger partial charge in [0, 0.05) is 18.3 Å². The van der Waals surface area contributed by atoms with Gasteiger partial charge in [0.15, 0.2) is 0 Å². The van der Waals surface area contributed by atoms with Gasteiger partial charge in [-0.2, -0.15) is 0 Å². The summed E-state index contributed by atoms with van der Waals surface area (Å²) in [6.45, 7) is 4.90. The molecule has 4 nitrogen and oxygen atoms in total. The zero-order valence-corrected chi connectivity index (χ0v) is 11.2. The van der Waals surface area contributed by atoms with E-state index in [2.05, 4.69) is 10.3 Å². The van der Waals surface area contributed by atoms with E-state index in [9.17, 15) is 5.11 Å². The molecule has 1 aromatic heterocycles. The first-order valence-corrected chi connectivity index (χ1v) is 6.31. The molecule has 0 amide bonds. The quantitative estimate of drug-likeness (QED) is 0.865. The minimum atomic E-state index is 0.330. The molecule has 100 valence electrons. The molecule has 0 spiro atoms. The van der Waals surface area contributed by atoms with Crippen molar-refractivity contribution in [2.75, 3.05) is 11.9 Å². The van der Waals surface area contributed by atoms with Gasteiger partial charge in [-0.25, -0.2) is 4.98 Å². The molecule has 2 aromatic rings. The fourth-order valence-electron chi connectivity index (χ4n) is 1.83. The van der Waals surface area contributed by atoms with E-state index in [-0.39, 0.29) is 0 Å². The number of nitrogens with zero attached hydrogens (tertiary/aromatic N) is 1. The van der Waals surface area contributed by atoms with Crippen LogP contribution in [0, 0.1) is 6.92 Å². The van der Waals surface area contributed by atoms with Crippen LogP contribution >= 0.6 is 0 Å². The summed E-state index contributed by atoms with van der Waals surface area (Å²) >= 11 is 0. The molecule has 1 aromatic carbocycles. The summed E-state index contributed by atoms with van der Waals surface area (Å²) in [7, 11) is 0. The Morgan fingerprint density at radius 1 is 1.26 bits per heavy atom. The first-order valence-electron chi connectivity index (χ1n) is 6.31. The molecule has 0 aliphatic rings. The normalized spacial score (nSPS) is 10.2. The molecule has 4 heteroatoms. The smallest absolute Gasteiger partial charge is 0.237 e. The number of para-hydroxylation sites is 1. The van der Waals surface area contributed by atoms with Crippen LogP contribution in [0.2, 0.25) is 0 Å². The number of hydrogen-bond acceptors (Lipinski definition) is 4. The minimum absolute atomic E-state index is 0.330. The second-order valence-electron chi connectivity index (χ2n) is 4.23. The Hall–Kier alpha value is -2.23. The van der Waals surface area contributed by atoms with E-state index in [0.29, 0.717) is 24.8 Å². The Kier molecular flexibility index (Phi) is 4.23. The lowest BCUT2D eigenvalue weighted by Crippen LogP contribution is -2.04. The van der Waals surface area contributed by atoms with Crippen LogP contribution in [0.5, 0.6) is 11.6 Å². The highest BCUT2D eigenvalue weighted by Crippen LogP contribution is 2.25. The largest absolute Gasteiger partial charge is 0.507 e. The van der Waals surface area contributed by atoms with Gasteiger partial charge in [0.05, 0.1) is 12.3 Å².